The first kappa shape index (κ1) is 11.2. The quantitative estimate of drug-likeness (QED) is 0.795. The molecule has 0 spiro atoms. The SMILES string of the molecule is CC1CCC(O)(c2cccc3ccsc23)CC1. The molecule has 17 heavy (non-hydrogen) atoms. The van der Waals surface area contributed by atoms with E-state index in [1.54, 1.807) is 11.3 Å². The second kappa shape index (κ2) is 4.11. The molecule has 0 aliphatic heterocycles. The molecular formula is C15H18OS. The molecule has 2 heteroatoms. The van der Waals surface area contributed by atoms with E-state index in [1.165, 1.54) is 10.1 Å². The van der Waals surface area contributed by atoms with E-state index in [9.17, 15) is 5.11 Å². The highest BCUT2D eigenvalue weighted by molar-refractivity contribution is 7.17. The lowest BCUT2D eigenvalue weighted by molar-refractivity contribution is -0.0105. The molecule has 0 atom stereocenters. The standard InChI is InChI=1S/C15H18OS/c1-11-5-8-15(16,9-6-11)13-4-2-3-12-7-10-17-14(12)13/h2-4,7,10-11,16H,5-6,8-9H2,1H3. The van der Waals surface area contributed by atoms with Crippen molar-refractivity contribution in [3.05, 3.63) is 35.2 Å². The highest BCUT2D eigenvalue weighted by Gasteiger charge is 2.34. The third-order valence-corrected chi connectivity index (χ3v) is 5.05. The molecule has 1 fully saturated rings. The van der Waals surface area contributed by atoms with Gasteiger partial charge in [0.2, 0.25) is 0 Å². The Morgan fingerprint density at radius 1 is 1.24 bits per heavy atom. The Bertz CT molecular complexity index is 520. The summed E-state index contributed by atoms with van der Waals surface area (Å²) in [4.78, 5) is 0. The Hall–Kier alpha value is -0.860. The first-order valence-corrected chi connectivity index (χ1v) is 7.26. The number of fused-ring (bicyclic) bond motifs is 1. The molecule has 0 amide bonds. The van der Waals surface area contributed by atoms with Crippen molar-refractivity contribution in [1.82, 2.24) is 0 Å². The second-order valence-electron chi connectivity index (χ2n) is 5.36. The fourth-order valence-corrected chi connectivity index (χ4v) is 3.88. The number of thiophene rings is 1. The highest BCUT2D eigenvalue weighted by Crippen LogP contribution is 2.42. The van der Waals surface area contributed by atoms with Crippen LogP contribution in [0.1, 0.15) is 38.2 Å². The molecule has 0 bridgehead atoms. The molecule has 1 nitrogen and oxygen atoms in total. The second-order valence-corrected chi connectivity index (χ2v) is 6.27. The predicted octanol–water partition coefficient (Wildman–Crippen LogP) is 4.30. The van der Waals surface area contributed by atoms with Crippen LogP contribution in [0.4, 0.5) is 0 Å². The summed E-state index contributed by atoms with van der Waals surface area (Å²) in [6, 6.07) is 8.44. The summed E-state index contributed by atoms with van der Waals surface area (Å²) < 4.78 is 1.27. The third-order valence-electron chi connectivity index (χ3n) is 4.08. The van der Waals surface area contributed by atoms with Crippen molar-refractivity contribution < 1.29 is 5.11 Å². The monoisotopic (exact) mass is 246 g/mol. The summed E-state index contributed by atoms with van der Waals surface area (Å²) >= 11 is 1.75. The van der Waals surface area contributed by atoms with Crippen LogP contribution in [-0.2, 0) is 5.60 Å². The van der Waals surface area contributed by atoms with Gasteiger partial charge >= 0.3 is 0 Å². The van der Waals surface area contributed by atoms with E-state index in [-0.39, 0.29) is 0 Å². The van der Waals surface area contributed by atoms with Crippen LogP contribution in [0.25, 0.3) is 10.1 Å². The molecule has 1 saturated carbocycles. The fourth-order valence-electron chi connectivity index (χ4n) is 2.87. The van der Waals surface area contributed by atoms with E-state index in [0.717, 1.165) is 37.2 Å². The van der Waals surface area contributed by atoms with Crippen LogP contribution in [0.15, 0.2) is 29.6 Å². The summed E-state index contributed by atoms with van der Waals surface area (Å²) in [6.07, 6.45) is 4.09. The minimum atomic E-state index is -0.586. The minimum Gasteiger partial charge on any atom is -0.385 e. The lowest BCUT2D eigenvalue weighted by Gasteiger charge is -2.35. The van der Waals surface area contributed by atoms with Gasteiger partial charge in [0.05, 0.1) is 5.60 Å². The Labute approximate surface area is 106 Å². The van der Waals surface area contributed by atoms with Crippen LogP contribution in [0, 0.1) is 5.92 Å². The van der Waals surface area contributed by atoms with E-state index in [2.05, 4.69) is 36.6 Å². The fraction of sp³-hybridized carbons (Fsp3) is 0.467. The van der Waals surface area contributed by atoms with Crippen LogP contribution in [0.2, 0.25) is 0 Å². The topological polar surface area (TPSA) is 20.2 Å². The number of hydrogen-bond acceptors (Lipinski definition) is 2. The van der Waals surface area contributed by atoms with Gasteiger partial charge in [-0.2, -0.15) is 0 Å². The van der Waals surface area contributed by atoms with Gasteiger partial charge in [-0.3, -0.25) is 0 Å². The Morgan fingerprint density at radius 2 is 2.00 bits per heavy atom. The smallest absolute Gasteiger partial charge is 0.0910 e. The number of aliphatic hydroxyl groups is 1. The normalized spacial score (nSPS) is 29.6. The number of hydrogen-bond donors (Lipinski definition) is 1. The molecule has 1 aliphatic carbocycles. The molecule has 1 aromatic heterocycles. The molecule has 0 radical (unpaired) electrons. The van der Waals surface area contributed by atoms with Gasteiger partial charge < -0.3 is 5.11 Å². The van der Waals surface area contributed by atoms with Gasteiger partial charge in [-0.1, -0.05) is 25.1 Å². The van der Waals surface area contributed by atoms with Crippen molar-refractivity contribution in [2.75, 3.05) is 0 Å². The maximum absolute atomic E-state index is 10.9. The van der Waals surface area contributed by atoms with E-state index < -0.39 is 5.60 Å². The zero-order valence-corrected chi connectivity index (χ0v) is 11.0. The van der Waals surface area contributed by atoms with Crippen LogP contribution in [-0.4, -0.2) is 5.11 Å². The third kappa shape index (κ3) is 1.90. The van der Waals surface area contributed by atoms with Crippen molar-refractivity contribution in [1.29, 1.82) is 0 Å². The summed E-state index contributed by atoms with van der Waals surface area (Å²) in [5, 5.41) is 14.3. The zero-order chi connectivity index (χ0) is 11.9. The molecule has 90 valence electrons. The molecule has 2 aromatic rings. The van der Waals surface area contributed by atoms with Gasteiger partial charge in [-0.25, -0.2) is 0 Å². The lowest BCUT2D eigenvalue weighted by atomic mass is 9.75. The van der Waals surface area contributed by atoms with Crippen molar-refractivity contribution in [2.24, 2.45) is 5.92 Å². The molecule has 0 saturated heterocycles. The van der Waals surface area contributed by atoms with Crippen molar-refractivity contribution >= 4 is 21.4 Å². The Morgan fingerprint density at radius 3 is 2.76 bits per heavy atom. The summed E-state index contributed by atoms with van der Waals surface area (Å²) in [5.74, 6) is 0.762. The first-order valence-electron chi connectivity index (χ1n) is 6.38. The molecule has 3 rings (SSSR count). The lowest BCUT2D eigenvalue weighted by Crippen LogP contribution is -2.30. The molecular weight excluding hydrogens is 228 g/mol. The average molecular weight is 246 g/mol. The summed E-state index contributed by atoms with van der Waals surface area (Å²) in [6.45, 7) is 2.28. The number of rotatable bonds is 1. The zero-order valence-electron chi connectivity index (χ0n) is 10.1. The van der Waals surface area contributed by atoms with Gasteiger partial charge in [0.15, 0.2) is 0 Å². The molecule has 1 aliphatic rings. The first-order chi connectivity index (χ1) is 8.19. The van der Waals surface area contributed by atoms with Crippen molar-refractivity contribution in [3.8, 4) is 0 Å². The Balaban J connectivity index is 2.05. The van der Waals surface area contributed by atoms with Gasteiger partial charge in [0.25, 0.3) is 0 Å². The van der Waals surface area contributed by atoms with Gasteiger partial charge in [-0.15, -0.1) is 11.3 Å². The van der Waals surface area contributed by atoms with Gasteiger partial charge in [0.1, 0.15) is 0 Å². The van der Waals surface area contributed by atoms with Crippen LogP contribution >= 0.6 is 11.3 Å². The summed E-state index contributed by atoms with van der Waals surface area (Å²) in [7, 11) is 0. The van der Waals surface area contributed by atoms with Gasteiger partial charge in [0, 0.05) is 10.3 Å². The summed E-state index contributed by atoms with van der Waals surface area (Å²) in [5.41, 5.74) is 0.563. The molecule has 1 N–H and O–H groups in total. The van der Waals surface area contributed by atoms with Crippen LogP contribution in [0.3, 0.4) is 0 Å². The minimum absolute atomic E-state index is 0.586. The van der Waals surface area contributed by atoms with Gasteiger partial charge in [-0.05, 0) is 48.4 Å². The van der Waals surface area contributed by atoms with E-state index in [0.29, 0.717) is 0 Å². The van der Waals surface area contributed by atoms with Crippen molar-refractivity contribution in [2.45, 2.75) is 38.2 Å². The van der Waals surface area contributed by atoms with Crippen LogP contribution in [0.5, 0.6) is 0 Å². The van der Waals surface area contributed by atoms with Crippen LogP contribution < -0.4 is 0 Å². The maximum atomic E-state index is 10.9. The van der Waals surface area contributed by atoms with E-state index >= 15 is 0 Å². The largest absolute Gasteiger partial charge is 0.385 e. The molecule has 0 unspecified atom stereocenters. The molecule has 1 heterocycles. The number of benzene rings is 1. The molecule has 1 aromatic carbocycles. The average Bonchev–Trinajstić information content (AvgIpc) is 2.81. The highest BCUT2D eigenvalue weighted by atomic mass is 32.1. The van der Waals surface area contributed by atoms with E-state index in [1.807, 2.05) is 0 Å². The van der Waals surface area contributed by atoms with E-state index in [4.69, 9.17) is 0 Å². The Kier molecular flexibility index (Phi) is 2.72. The van der Waals surface area contributed by atoms with Crippen molar-refractivity contribution in [3.63, 3.8) is 0 Å². The predicted molar refractivity (Wildman–Crippen MR) is 73.4 cm³/mol. The maximum Gasteiger partial charge on any atom is 0.0910 e.